The zero-order chi connectivity index (χ0) is 32.1. The van der Waals surface area contributed by atoms with Crippen LogP contribution in [0.2, 0.25) is 0 Å². The fourth-order valence-electron chi connectivity index (χ4n) is 4.54. The molecule has 1 unspecified atom stereocenters. The normalized spacial score (nSPS) is 12.3. The molecule has 0 heterocycles. The zero-order valence-electron chi connectivity index (χ0n) is 23.0. The number of alkyl halides is 6. The summed E-state index contributed by atoms with van der Waals surface area (Å²) in [5.41, 5.74) is 4.41. The molecule has 0 saturated carbocycles. The van der Waals surface area contributed by atoms with Crippen LogP contribution in [-0.2, 0) is 4.79 Å². The highest BCUT2D eigenvalue weighted by Crippen LogP contribution is 2.38. The van der Waals surface area contributed by atoms with Gasteiger partial charge < -0.3 is 19.9 Å². The van der Waals surface area contributed by atoms with E-state index in [4.69, 9.17) is 5.11 Å². The minimum absolute atomic E-state index is 0.0292. The van der Waals surface area contributed by atoms with E-state index in [1.165, 1.54) is 48.5 Å². The summed E-state index contributed by atoms with van der Waals surface area (Å²) in [6.07, 6.45) is -9.90. The molecule has 4 aromatic rings. The number of nitrogens with one attached hydrogen (secondary N) is 1. The maximum Gasteiger partial charge on any atom is 0.573 e. The van der Waals surface area contributed by atoms with Crippen LogP contribution >= 0.6 is 0 Å². The summed E-state index contributed by atoms with van der Waals surface area (Å²) in [6, 6.07) is 22.7. The first kappa shape index (κ1) is 31.9. The lowest BCUT2D eigenvalue weighted by atomic mass is 9.85. The van der Waals surface area contributed by atoms with Crippen LogP contribution in [0.5, 0.6) is 11.5 Å². The Kier molecular flexibility index (Phi) is 9.51. The van der Waals surface area contributed by atoms with Crippen molar-refractivity contribution in [2.24, 2.45) is 0 Å². The summed E-state index contributed by atoms with van der Waals surface area (Å²) in [5.74, 6) is -2.55. The maximum absolute atomic E-state index is 12.7. The lowest BCUT2D eigenvalue weighted by Crippen LogP contribution is -2.25. The Morgan fingerprint density at radius 3 is 1.73 bits per heavy atom. The second-order valence-corrected chi connectivity index (χ2v) is 9.69. The van der Waals surface area contributed by atoms with Crippen LogP contribution in [0.4, 0.5) is 26.3 Å². The first-order valence-electron chi connectivity index (χ1n) is 13.1. The zero-order valence-corrected chi connectivity index (χ0v) is 23.0. The number of rotatable bonds is 10. The fourth-order valence-corrected chi connectivity index (χ4v) is 4.54. The van der Waals surface area contributed by atoms with Crippen LogP contribution in [0.3, 0.4) is 0 Å². The Morgan fingerprint density at radius 1 is 0.727 bits per heavy atom. The third-order valence-electron chi connectivity index (χ3n) is 6.64. The monoisotopic (exact) mass is 617 g/mol. The van der Waals surface area contributed by atoms with Gasteiger partial charge in [-0.1, -0.05) is 55.5 Å². The molecule has 0 fully saturated rings. The van der Waals surface area contributed by atoms with Crippen LogP contribution in [0.15, 0.2) is 91.0 Å². The van der Waals surface area contributed by atoms with Gasteiger partial charge in [0.15, 0.2) is 0 Å². The lowest BCUT2D eigenvalue weighted by Gasteiger charge is -2.20. The minimum Gasteiger partial charge on any atom is -0.481 e. The first-order chi connectivity index (χ1) is 20.7. The molecule has 0 spiro atoms. The van der Waals surface area contributed by atoms with E-state index in [2.05, 4.69) is 14.8 Å². The molecule has 0 saturated heterocycles. The molecular weight excluding hydrogens is 592 g/mol. The van der Waals surface area contributed by atoms with Gasteiger partial charge in [-0.2, -0.15) is 0 Å². The number of carbonyl (C=O) groups is 2. The quantitative estimate of drug-likeness (QED) is 0.175. The van der Waals surface area contributed by atoms with Crippen molar-refractivity contribution in [1.82, 2.24) is 5.32 Å². The molecule has 44 heavy (non-hydrogen) atoms. The molecule has 0 aliphatic rings. The van der Waals surface area contributed by atoms with Crippen LogP contribution in [0.25, 0.3) is 22.3 Å². The van der Waals surface area contributed by atoms with E-state index < -0.39 is 24.6 Å². The van der Waals surface area contributed by atoms with Gasteiger partial charge in [0.2, 0.25) is 0 Å². The number of halogens is 6. The summed E-state index contributed by atoms with van der Waals surface area (Å²) in [6.45, 7) is 1.87. The van der Waals surface area contributed by atoms with Crippen molar-refractivity contribution in [1.29, 1.82) is 0 Å². The van der Waals surface area contributed by atoms with Crippen molar-refractivity contribution in [3.8, 4) is 33.8 Å². The summed E-state index contributed by atoms with van der Waals surface area (Å²) < 4.78 is 83.8. The molecule has 0 aromatic heterocycles. The summed E-state index contributed by atoms with van der Waals surface area (Å²) >= 11 is 0. The van der Waals surface area contributed by atoms with Crippen LogP contribution in [-0.4, -0.2) is 36.3 Å². The SMILES string of the molecule is CC(c1ccc(C(=O)NCCC(=O)O)cc1)c1cc(-c2ccc(OC(F)(F)F)cc2)ccc1-c1ccc(OC(F)(F)F)cc1. The van der Waals surface area contributed by atoms with E-state index in [-0.39, 0.29) is 30.4 Å². The van der Waals surface area contributed by atoms with E-state index in [0.717, 1.165) is 11.1 Å². The van der Waals surface area contributed by atoms with E-state index in [0.29, 0.717) is 27.8 Å². The molecule has 4 aromatic carbocycles. The van der Waals surface area contributed by atoms with E-state index in [1.807, 2.05) is 13.0 Å². The molecule has 230 valence electrons. The van der Waals surface area contributed by atoms with Gasteiger partial charge in [-0.3, -0.25) is 9.59 Å². The number of hydrogen-bond donors (Lipinski definition) is 2. The summed E-state index contributed by atoms with van der Waals surface area (Å²) in [5, 5.41) is 11.3. The van der Waals surface area contributed by atoms with Gasteiger partial charge >= 0.3 is 18.7 Å². The van der Waals surface area contributed by atoms with E-state index in [9.17, 15) is 35.9 Å². The number of carboxylic acid groups (broad SMARTS) is 1. The van der Waals surface area contributed by atoms with Crippen molar-refractivity contribution in [2.75, 3.05) is 6.54 Å². The Bertz CT molecular complexity index is 1600. The first-order valence-corrected chi connectivity index (χ1v) is 13.1. The number of carbonyl (C=O) groups excluding carboxylic acids is 1. The summed E-state index contributed by atoms with van der Waals surface area (Å²) in [4.78, 5) is 23.1. The number of benzene rings is 4. The average molecular weight is 618 g/mol. The number of hydrogen-bond acceptors (Lipinski definition) is 4. The predicted molar refractivity (Wildman–Crippen MR) is 149 cm³/mol. The molecule has 6 nitrogen and oxygen atoms in total. The highest BCUT2D eigenvalue weighted by molar-refractivity contribution is 5.94. The van der Waals surface area contributed by atoms with Gasteiger partial charge in [-0.05, 0) is 75.8 Å². The fraction of sp³-hybridized carbons (Fsp3) is 0.188. The molecule has 0 radical (unpaired) electrons. The Morgan fingerprint density at radius 2 is 1.23 bits per heavy atom. The van der Waals surface area contributed by atoms with Gasteiger partial charge in [0.1, 0.15) is 11.5 Å². The van der Waals surface area contributed by atoms with Crippen molar-refractivity contribution in [3.05, 3.63) is 108 Å². The third kappa shape index (κ3) is 8.76. The average Bonchev–Trinajstić information content (AvgIpc) is 2.95. The Labute approximate surface area is 247 Å². The molecule has 2 N–H and O–H groups in total. The molecule has 4 rings (SSSR count). The van der Waals surface area contributed by atoms with Crippen molar-refractivity contribution >= 4 is 11.9 Å². The van der Waals surface area contributed by atoms with Crippen LogP contribution in [0, 0.1) is 0 Å². The number of ether oxygens (including phenoxy) is 2. The summed E-state index contributed by atoms with van der Waals surface area (Å²) in [7, 11) is 0. The molecular formula is C32H25F6NO5. The maximum atomic E-state index is 12.7. The molecule has 0 bridgehead atoms. The second-order valence-electron chi connectivity index (χ2n) is 9.69. The standard InChI is InChI=1S/C32H25F6NO5/c1-19(20-2-4-23(5-3-20)30(42)39-17-16-29(40)41)28-18-24(21-6-11-25(12-7-21)43-31(33,34)35)10-15-27(28)22-8-13-26(14-9-22)44-32(36,37)38/h2-15,18-19H,16-17H2,1H3,(H,39,42)(H,40,41). The topological polar surface area (TPSA) is 84.9 Å². The molecule has 1 atom stereocenters. The largest absolute Gasteiger partial charge is 0.573 e. The highest BCUT2D eigenvalue weighted by atomic mass is 19.4. The Balaban J connectivity index is 1.68. The van der Waals surface area contributed by atoms with Gasteiger partial charge in [-0.25, -0.2) is 0 Å². The number of aliphatic carboxylic acids is 1. The molecule has 0 aliphatic carbocycles. The van der Waals surface area contributed by atoms with Crippen LogP contribution in [0.1, 0.15) is 40.7 Å². The van der Waals surface area contributed by atoms with Gasteiger partial charge in [0, 0.05) is 18.0 Å². The molecule has 1 amide bonds. The minimum atomic E-state index is -4.84. The van der Waals surface area contributed by atoms with Gasteiger partial charge in [0.25, 0.3) is 5.91 Å². The van der Waals surface area contributed by atoms with Gasteiger partial charge in [-0.15, -0.1) is 26.3 Å². The lowest BCUT2D eigenvalue weighted by molar-refractivity contribution is -0.275. The van der Waals surface area contributed by atoms with Crippen LogP contribution < -0.4 is 14.8 Å². The van der Waals surface area contributed by atoms with Crippen molar-refractivity contribution in [2.45, 2.75) is 32.0 Å². The molecule has 12 heteroatoms. The molecule has 0 aliphatic heterocycles. The third-order valence-corrected chi connectivity index (χ3v) is 6.64. The number of amides is 1. The smallest absolute Gasteiger partial charge is 0.481 e. The van der Waals surface area contributed by atoms with Crippen molar-refractivity contribution in [3.63, 3.8) is 0 Å². The van der Waals surface area contributed by atoms with Crippen molar-refractivity contribution < 1.29 is 50.5 Å². The van der Waals surface area contributed by atoms with Gasteiger partial charge in [0.05, 0.1) is 6.42 Å². The van der Waals surface area contributed by atoms with E-state index in [1.54, 1.807) is 36.4 Å². The number of carboxylic acids is 1. The highest BCUT2D eigenvalue weighted by Gasteiger charge is 2.31. The second kappa shape index (κ2) is 13.1. The Hall–Kier alpha value is -5.00. The predicted octanol–water partition coefficient (Wildman–Crippen LogP) is 8.17. The van der Waals surface area contributed by atoms with E-state index >= 15 is 0 Å².